The third-order valence-electron chi connectivity index (χ3n) is 9.03. The van der Waals surface area contributed by atoms with Crippen LogP contribution in [-0.2, 0) is 32.4 Å². The van der Waals surface area contributed by atoms with Crippen molar-refractivity contribution in [3.05, 3.63) is 119 Å². The van der Waals surface area contributed by atoms with Gasteiger partial charge in [0, 0.05) is 70.4 Å². The van der Waals surface area contributed by atoms with Crippen LogP contribution < -0.4 is 16.0 Å². The second kappa shape index (κ2) is 15.9. The SMILES string of the molecule is NCc1cccnc1.O=C(NCCc1ccccc1)c1c2n(c3cnc(N4CCN(CCc5ccc(F)c(F)c5)CC4)nc13)CCCC2. The predicted octanol–water partition coefficient (Wildman–Crippen LogP) is 4.92. The monoisotopic (exact) mass is 652 g/mol. The van der Waals surface area contributed by atoms with Crippen molar-refractivity contribution in [2.75, 3.05) is 44.2 Å². The fourth-order valence-corrected chi connectivity index (χ4v) is 6.36. The number of nitrogens with one attached hydrogen (secondary N) is 1. The van der Waals surface area contributed by atoms with E-state index in [-0.39, 0.29) is 5.91 Å². The highest BCUT2D eigenvalue weighted by atomic mass is 19.2. The molecule has 48 heavy (non-hydrogen) atoms. The minimum Gasteiger partial charge on any atom is -0.352 e. The van der Waals surface area contributed by atoms with Crippen LogP contribution in [0.2, 0.25) is 0 Å². The van der Waals surface area contributed by atoms with Gasteiger partial charge in [0.2, 0.25) is 5.95 Å². The van der Waals surface area contributed by atoms with Crippen molar-refractivity contribution in [3.63, 3.8) is 0 Å². The third kappa shape index (κ3) is 8.03. The van der Waals surface area contributed by atoms with Crippen LogP contribution in [0.15, 0.2) is 79.3 Å². The van der Waals surface area contributed by atoms with Crippen LogP contribution in [0.5, 0.6) is 0 Å². The quantitative estimate of drug-likeness (QED) is 0.233. The van der Waals surface area contributed by atoms with Gasteiger partial charge in [0.1, 0.15) is 5.52 Å². The van der Waals surface area contributed by atoms with Crippen LogP contribution in [-0.4, -0.2) is 69.6 Å². The Bertz CT molecular complexity index is 1810. The van der Waals surface area contributed by atoms with Gasteiger partial charge < -0.3 is 20.5 Å². The zero-order chi connectivity index (χ0) is 33.3. The summed E-state index contributed by atoms with van der Waals surface area (Å²) in [6, 6.07) is 18.1. The van der Waals surface area contributed by atoms with Crippen LogP contribution in [0.3, 0.4) is 0 Å². The fraction of sp³-hybridized carbons (Fsp3) is 0.351. The molecule has 250 valence electrons. The summed E-state index contributed by atoms with van der Waals surface area (Å²) >= 11 is 0. The molecule has 5 aromatic rings. The lowest BCUT2D eigenvalue weighted by Gasteiger charge is -2.34. The van der Waals surface area contributed by atoms with Gasteiger partial charge in [-0.15, -0.1) is 0 Å². The molecule has 0 unspecified atom stereocenters. The summed E-state index contributed by atoms with van der Waals surface area (Å²) in [7, 11) is 0. The molecule has 11 heteroatoms. The molecule has 0 spiro atoms. The van der Waals surface area contributed by atoms with Gasteiger partial charge in [-0.05, 0) is 67.0 Å². The van der Waals surface area contributed by atoms with Crippen molar-refractivity contribution < 1.29 is 13.6 Å². The minimum absolute atomic E-state index is 0.0664. The lowest BCUT2D eigenvalue weighted by Crippen LogP contribution is -2.47. The summed E-state index contributed by atoms with van der Waals surface area (Å²) < 4.78 is 29.0. The first-order valence-electron chi connectivity index (χ1n) is 16.7. The van der Waals surface area contributed by atoms with Crippen LogP contribution in [0.25, 0.3) is 11.0 Å². The van der Waals surface area contributed by atoms with Crippen LogP contribution in [0.1, 0.15) is 45.6 Å². The molecule has 3 N–H and O–H groups in total. The third-order valence-corrected chi connectivity index (χ3v) is 9.03. The summed E-state index contributed by atoms with van der Waals surface area (Å²) in [4.78, 5) is 31.5. The number of carbonyl (C=O) groups is 1. The van der Waals surface area contributed by atoms with E-state index in [1.165, 1.54) is 17.7 Å². The van der Waals surface area contributed by atoms with Gasteiger partial charge in [-0.3, -0.25) is 14.7 Å². The van der Waals surface area contributed by atoms with E-state index in [2.05, 4.69) is 36.8 Å². The Balaban J connectivity index is 0.000000441. The van der Waals surface area contributed by atoms with Crippen molar-refractivity contribution in [2.24, 2.45) is 5.73 Å². The Labute approximate surface area is 279 Å². The van der Waals surface area contributed by atoms with E-state index in [4.69, 9.17) is 15.7 Å². The summed E-state index contributed by atoms with van der Waals surface area (Å²) in [6.45, 7) is 5.97. The maximum Gasteiger partial charge on any atom is 0.255 e. The van der Waals surface area contributed by atoms with E-state index in [0.717, 1.165) is 92.8 Å². The summed E-state index contributed by atoms with van der Waals surface area (Å²) in [5, 5.41) is 3.14. The number of nitrogens with zero attached hydrogens (tertiary/aromatic N) is 6. The van der Waals surface area contributed by atoms with Gasteiger partial charge in [0.05, 0.1) is 17.3 Å². The number of carbonyl (C=O) groups excluding carboxylic acids is 1. The summed E-state index contributed by atoms with van der Waals surface area (Å²) in [5.41, 5.74) is 11.8. The highest BCUT2D eigenvalue weighted by molar-refractivity contribution is 6.07. The number of nitrogens with two attached hydrogens (primary N) is 1. The number of amides is 1. The van der Waals surface area contributed by atoms with Crippen molar-refractivity contribution in [3.8, 4) is 0 Å². The van der Waals surface area contributed by atoms with E-state index in [1.54, 1.807) is 18.5 Å². The number of rotatable bonds is 9. The van der Waals surface area contributed by atoms with Gasteiger partial charge in [-0.2, -0.15) is 0 Å². The Kier molecular flexibility index (Phi) is 11.0. The van der Waals surface area contributed by atoms with E-state index >= 15 is 0 Å². The van der Waals surface area contributed by atoms with Crippen molar-refractivity contribution in [1.29, 1.82) is 0 Å². The maximum absolute atomic E-state index is 13.5. The molecule has 0 saturated carbocycles. The average Bonchev–Trinajstić information content (AvgIpc) is 3.47. The fourth-order valence-electron chi connectivity index (χ4n) is 6.36. The number of halogens is 2. The number of hydrogen-bond acceptors (Lipinski definition) is 7. The number of aromatic nitrogens is 4. The second-order valence-corrected chi connectivity index (χ2v) is 12.2. The molecule has 2 aliphatic heterocycles. The van der Waals surface area contributed by atoms with Gasteiger partial charge >= 0.3 is 0 Å². The highest BCUT2D eigenvalue weighted by Gasteiger charge is 2.27. The van der Waals surface area contributed by atoms with E-state index in [9.17, 15) is 13.6 Å². The zero-order valence-corrected chi connectivity index (χ0v) is 27.1. The first-order chi connectivity index (χ1) is 23.5. The molecule has 1 saturated heterocycles. The molecule has 0 aliphatic carbocycles. The number of anilines is 1. The first kappa shape index (κ1) is 33.2. The molecule has 0 atom stereocenters. The molecule has 3 aromatic heterocycles. The molecule has 2 aromatic carbocycles. The standard InChI is InChI=1S/C31H34F2N6O.C6H8N2/c32-24-10-9-23(20-25(24)33)12-15-37-16-18-38(19-17-37)31-35-21-27-29(36-31)28(26-8-4-5-14-39(26)27)30(40)34-13-11-22-6-2-1-3-7-22;7-4-6-2-1-3-8-5-6/h1-3,6-7,9-10,20-21H,4-5,8,11-19H2,(H,34,40);1-3,5H,4,7H2. The van der Waals surface area contributed by atoms with Gasteiger partial charge in [0.25, 0.3) is 5.91 Å². The van der Waals surface area contributed by atoms with E-state index in [1.807, 2.05) is 36.5 Å². The number of hydrogen-bond donors (Lipinski definition) is 2. The van der Waals surface area contributed by atoms with Crippen LogP contribution in [0.4, 0.5) is 14.7 Å². The number of aryl methyl sites for hydroxylation is 1. The largest absolute Gasteiger partial charge is 0.352 e. The molecule has 1 fully saturated rings. The lowest BCUT2D eigenvalue weighted by molar-refractivity contribution is 0.0954. The van der Waals surface area contributed by atoms with Crippen molar-refractivity contribution >= 4 is 22.9 Å². The Morgan fingerprint density at radius 1 is 0.854 bits per heavy atom. The normalized spacial score (nSPS) is 14.7. The number of benzene rings is 2. The second-order valence-electron chi connectivity index (χ2n) is 12.2. The molecule has 5 heterocycles. The number of pyridine rings is 1. The van der Waals surface area contributed by atoms with Crippen LogP contribution in [0, 0.1) is 11.6 Å². The molecule has 0 radical (unpaired) electrons. The predicted molar refractivity (Wildman–Crippen MR) is 184 cm³/mol. The first-order valence-corrected chi connectivity index (χ1v) is 16.7. The molecular weight excluding hydrogens is 610 g/mol. The Hall–Kier alpha value is -4.74. The van der Waals surface area contributed by atoms with Gasteiger partial charge in [0.15, 0.2) is 11.6 Å². The highest BCUT2D eigenvalue weighted by Crippen LogP contribution is 2.30. The molecule has 2 aliphatic rings. The number of fused-ring (bicyclic) bond motifs is 3. The smallest absolute Gasteiger partial charge is 0.255 e. The van der Waals surface area contributed by atoms with Gasteiger partial charge in [-0.25, -0.2) is 18.7 Å². The minimum atomic E-state index is -0.814. The average molecular weight is 653 g/mol. The number of piperazine rings is 1. The van der Waals surface area contributed by atoms with E-state index in [0.29, 0.717) is 31.0 Å². The summed E-state index contributed by atoms with van der Waals surface area (Å²) in [6.07, 6.45) is 9.83. The molecule has 9 nitrogen and oxygen atoms in total. The zero-order valence-electron chi connectivity index (χ0n) is 27.1. The molecule has 0 bridgehead atoms. The van der Waals surface area contributed by atoms with Crippen molar-refractivity contribution in [1.82, 2.24) is 29.7 Å². The Morgan fingerprint density at radius 3 is 2.40 bits per heavy atom. The maximum atomic E-state index is 13.5. The molecule has 7 rings (SSSR count). The van der Waals surface area contributed by atoms with Crippen LogP contribution >= 0.6 is 0 Å². The molecular formula is C37H42F2N8O. The topological polar surface area (TPSA) is 105 Å². The Morgan fingerprint density at radius 2 is 1.67 bits per heavy atom. The summed E-state index contributed by atoms with van der Waals surface area (Å²) in [5.74, 6) is -1.03. The lowest BCUT2D eigenvalue weighted by atomic mass is 10.1. The van der Waals surface area contributed by atoms with E-state index < -0.39 is 11.6 Å². The van der Waals surface area contributed by atoms with Crippen molar-refractivity contribution in [2.45, 2.75) is 45.2 Å². The van der Waals surface area contributed by atoms with Gasteiger partial charge in [-0.1, -0.05) is 42.5 Å². The molecule has 1 amide bonds.